The van der Waals surface area contributed by atoms with Crippen molar-refractivity contribution in [2.45, 2.75) is 39.0 Å². The van der Waals surface area contributed by atoms with E-state index in [1.165, 1.54) is 32.6 Å². The Labute approximate surface area is 122 Å². The highest BCUT2D eigenvalue weighted by Crippen LogP contribution is 2.27. The van der Waals surface area contributed by atoms with E-state index in [1.807, 2.05) is 0 Å². The molecule has 0 saturated heterocycles. The summed E-state index contributed by atoms with van der Waals surface area (Å²) in [5.41, 5.74) is -0.423. The van der Waals surface area contributed by atoms with Crippen LogP contribution in [0.15, 0.2) is 12.1 Å². The fraction of sp³-hybridized carbons (Fsp3) is 0.533. The molecule has 1 aromatic rings. The molecule has 1 saturated carbocycles. The summed E-state index contributed by atoms with van der Waals surface area (Å²) in [6.45, 7) is 1.89. The smallest absolute Gasteiger partial charge is 0.270 e. The third kappa shape index (κ3) is 3.77. The number of nitrogens with one attached hydrogen (secondary N) is 1. The number of aryl methyl sites for hydroxylation is 1. The molecule has 0 atom stereocenters. The molecule has 1 aliphatic rings. The van der Waals surface area contributed by atoms with E-state index >= 15 is 0 Å². The van der Waals surface area contributed by atoms with Gasteiger partial charge >= 0.3 is 0 Å². The number of halogens is 1. The second kappa shape index (κ2) is 6.65. The summed E-state index contributed by atoms with van der Waals surface area (Å²) in [7, 11) is 0. The number of nitro groups is 1. The lowest BCUT2D eigenvalue weighted by atomic mass is 10.0. The molecule has 2 rings (SSSR count). The molecule has 1 aromatic carbocycles. The van der Waals surface area contributed by atoms with Crippen LogP contribution in [0.1, 0.15) is 48.0 Å². The van der Waals surface area contributed by atoms with Crippen LogP contribution in [-0.4, -0.2) is 17.4 Å². The molecule has 0 spiro atoms. The Kier molecular flexibility index (Phi) is 4.88. The molecule has 1 N–H and O–H groups in total. The molecule has 0 aromatic heterocycles. The Morgan fingerprint density at radius 3 is 2.71 bits per heavy atom. The van der Waals surface area contributed by atoms with Gasteiger partial charge in [-0.05, 0) is 24.8 Å². The first-order valence-corrected chi connectivity index (χ1v) is 7.21. The van der Waals surface area contributed by atoms with Gasteiger partial charge < -0.3 is 5.32 Å². The number of rotatable bonds is 5. The van der Waals surface area contributed by atoms with Crippen LogP contribution in [0.2, 0.25) is 0 Å². The minimum Gasteiger partial charge on any atom is -0.352 e. The Morgan fingerprint density at radius 2 is 2.10 bits per heavy atom. The molecule has 21 heavy (non-hydrogen) atoms. The lowest BCUT2D eigenvalue weighted by Crippen LogP contribution is -2.26. The SMILES string of the molecule is Cc1cc([N+](=O)[O-])cc(C(=O)NCCC2CCCC2)c1F. The van der Waals surface area contributed by atoms with Gasteiger partial charge in [0.1, 0.15) is 5.82 Å². The van der Waals surface area contributed by atoms with E-state index in [2.05, 4.69) is 5.32 Å². The van der Waals surface area contributed by atoms with Crippen LogP contribution in [0.4, 0.5) is 10.1 Å². The van der Waals surface area contributed by atoms with Gasteiger partial charge in [-0.25, -0.2) is 4.39 Å². The van der Waals surface area contributed by atoms with Crippen molar-refractivity contribution < 1.29 is 14.1 Å². The number of non-ortho nitro benzene ring substituents is 1. The van der Waals surface area contributed by atoms with E-state index in [-0.39, 0.29) is 16.8 Å². The van der Waals surface area contributed by atoms with Gasteiger partial charge in [0, 0.05) is 18.7 Å². The molecule has 0 bridgehead atoms. The summed E-state index contributed by atoms with van der Waals surface area (Å²) in [5.74, 6) is -0.654. The average molecular weight is 294 g/mol. The monoisotopic (exact) mass is 294 g/mol. The number of hydrogen-bond donors (Lipinski definition) is 1. The molecular weight excluding hydrogens is 275 g/mol. The number of hydrogen-bond acceptors (Lipinski definition) is 3. The first kappa shape index (κ1) is 15.4. The Hall–Kier alpha value is -1.98. The second-order valence-electron chi connectivity index (χ2n) is 5.58. The number of carbonyl (C=O) groups is 1. The van der Waals surface area contributed by atoms with Crippen molar-refractivity contribution in [1.82, 2.24) is 5.32 Å². The normalized spacial score (nSPS) is 15.1. The van der Waals surface area contributed by atoms with E-state index in [4.69, 9.17) is 0 Å². The quantitative estimate of drug-likeness (QED) is 0.668. The zero-order chi connectivity index (χ0) is 15.4. The van der Waals surface area contributed by atoms with Crippen molar-refractivity contribution in [2.75, 3.05) is 6.54 Å². The number of carbonyl (C=O) groups excluding carboxylic acids is 1. The molecule has 114 valence electrons. The number of nitro benzene ring substituents is 1. The molecule has 0 unspecified atom stereocenters. The molecule has 0 heterocycles. The third-order valence-corrected chi connectivity index (χ3v) is 4.01. The van der Waals surface area contributed by atoms with E-state index in [0.29, 0.717) is 12.5 Å². The highest BCUT2D eigenvalue weighted by molar-refractivity contribution is 5.95. The molecule has 0 radical (unpaired) electrons. The predicted molar refractivity (Wildman–Crippen MR) is 76.7 cm³/mol. The summed E-state index contributed by atoms with van der Waals surface area (Å²) in [5, 5.41) is 13.4. The van der Waals surface area contributed by atoms with Gasteiger partial charge in [0.05, 0.1) is 10.5 Å². The fourth-order valence-corrected chi connectivity index (χ4v) is 2.81. The van der Waals surface area contributed by atoms with Crippen molar-refractivity contribution in [1.29, 1.82) is 0 Å². The van der Waals surface area contributed by atoms with Gasteiger partial charge in [-0.15, -0.1) is 0 Å². The Bertz CT molecular complexity index is 554. The summed E-state index contributed by atoms with van der Waals surface area (Å²) in [6.07, 6.45) is 5.70. The van der Waals surface area contributed by atoms with E-state index in [0.717, 1.165) is 18.6 Å². The first-order chi connectivity index (χ1) is 9.99. The van der Waals surface area contributed by atoms with Crippen molar-refractivity contribution in [2.24, 2.45) is 5.92 Å². The zero-order valence-electron chi connectivity index (χ0n) is 12.0. The van der Waals surface area contributed by atoms with Crippen LogP contribution in [0, 0.1) is 28.8 Å². The molecular formula is C15H19FN2O3. The van der Waals surface area contributed by atoms with E-state index < -0.39 is 16.6 Å². The number of amides is 1. The number of benzene rings is 1. The standard InChI is InChI=1S/C15H19FN2O3/c1-10-8-12(18(20)21)9-13(14(10)16)15(19)17-7-6-11-4-2-3-5-11/h8-9,11H,2-7H2,1H3,(H,17,19). The Morgan fingerprint density at radius 1 is 1.43 bits per heavy atom. The van der Waals surface area contributed by atoms with Gasteiger partial charge in [0.2, 0.25) is 0 Å². The maximum atomic E-state index is 13.9. The molecule has 6 heteroatoms. The van der Waals surface area contributed by atoms with Crippen molar-refractivity contribution in [3.05, 3.63) is 39.2 Å². The van der Waals surface area contributed by atoms with E-state index in [9.17, 15) is 19.3 Å². The van der Waals surface area contributed by atoms with Gasteiger partial charge in [-0.2, -0.15) is 0 Å². The molecule has 1 fully saturated rings. The summed E-state index contributed by atoms with van der Waals surface area (Å²) < 4.78 is 13.9. The highest BCUT2D eigenvalue weighted by atomic mass is 19.1. The number of nitrogens with zero attached hydrogens (tertiary/aromatic N) is 1. The lowest BCUT2D eigenvalue weighted by molar-refractivity contribution is -0.385. The van der Waals surface area contributed by atoms with Crippen LogP contribution >= 0.6 is 0 Å². The molecule has 1 aliphatic carbocycles. The second-order valence-corrected chi connectivity index (χ2v) is 5.58. The van der Waals surface area contributed by atoms with Gasteiger partial charge in [-0.1, -0.05) is 25.7 Å². The van der Waals surface area contributed by atoms with Gasteiger partial charge in [0.25, 0.3) is 11.6 Å². The maximum Gasteiger partial charge on any atom is 0.270 e. The van der Waals surface area contributed by atoms with Gasteiger partial charge in [-0.3, -0.25) is 14.9 Å². The van der Waals surface area contributed by atoms with Gasteiger partial charge in [0.15, 0.2) is 0 Å². The highest BCUT2D eigenvalue weighted by Gasteiger charge is 2.20. The zero-order valence-corrected chi connectivity index (χ0v) is 12.0. The van der Waals surface area contributed by atoms with Crippen LogP contribution in [0.5, 0.6) is 0 Å². The first-order valence-electron chi connectivity index (χ1n) is 7.21. The third-order valence-electron chi connectivity index (χ3n) is 4.01. The summed E-state index contributed by atoms with van der Waals surface area (Å²) >= 11 is 0. The largest absolute Gasteiger partial charge is 0.352 e. The van der Waals surface area contributed by atoms with E-state index in [1.54, 1.807) is 0 Å². The van der Waals surface area contributed by atoms with Crippen molar-refractivity contribution >= 4 is 11.6 Å². The van der Waals surface area contributed by atoms with Crippen LogP contribution in [0.25, 0.3) is 0 Å². The lowest BCUT2D eigenvalue weighted by Gasteiger charge is -2.11. The van der Waals surface area contributed by atoms with Crippen LogP contribution in [0.3, 0.4) is 0 Å². The van der Waals surface area contributed by atoms with Crippen LogP contribution < -0.4 is 5.32 Å². The minimum absolute atomic E-state index is 0.102. The molecule has 5 nitrogen and oxygen atoms in total. The fourth-order valence-electron chi connectivity index (χ4n) is 2.81. The average Bonchev–Trinajstić information content (AvgIpc) is 2.94. The van der Waals surface area contributed by atoms with Crippen molar-refractivity contribution in [3.63, 3.8) is 0 Å². The minimum atomic E-state index is -0.695. The summed E-state index contributed by atoms with van der Waals surface area (Å²) in [4.78, 5) is 22.1. The molecule has 1 amide bonds. The predicted octanol–water partition coefficient (Wildman–Crippen LogP) is 3.35. The molecule has 0 aliphatic heterocycles. The summed E-state index contributed by atoms with van der Waals surface area (Å²) in [6, 6.07) is 2.12. The topological polar surface area (TPSA) is 72.2 Å². The van der Waals surface area contributed by atoms with Crippen molar-refractivity contribution in [3.8, 4) is 0 Å². The van der Waals surface area contributed by atoms with Crippen LogP contribution in [-0.2, 0) is 0 Å². The maximum absolute atomic E-state index is 13.9. The Balaban J connectivity index is 2.02.